The third-order valence-electron chi connectivity index (χ3n) is 5.31. The van der Waals surface area contributed by atoms with Gasteiger partial charge in [-0.05, 0) is 57.5 Å². The molecule has 4 aromatic heterocycles. The highest BCUT2D eigenvalue weighted by atomic mass is 16.5. The van der Waals surface area contributed by atoms with Crippen LogP contribution in [0.2, 0.25) is 0 Å². The normalized spacial score (nSPS) is 16.0. The zero-order valence-electron chi connectivity index (χ0n) is 17.9. The summed E-state index contributed by atoms with van der Waals surface area (Å²) in [6.45, 7) is 7.68. The third kappa shape index (κ3) is 4.20. The van der Waals surface area contributed by atoms with Crippen molar-refractivity contribution in [2.75, 3.05) is 18.4 Å². The molecule has 0 bridgehead atoms. The van der Waals surface area contributed by atoms with Crippen LogP contribution >= 0.6 is 0 Å². The smallest absolute Gasteiger partial charge is 0.154 e. The minimum atomic E-state index is 0.178. The first-order valence-corrected chi connectivity index (χ1v) is 10.5. The Labute approximate surface area is 180 Å². The van der Waals surface area contributed by atoms with E-state index in [1.807, 2.05) is 49.8 Å². The zero-order chi connectivity index (χ0) is 21.4. The summed E-state index contributed by atoms with van der Waals surface area (Å²) in [5, 5.41) is 11.2. The fraction of sp³-hybridized carbons (Fsp3) is 0.304. The molecule has 1 aliphatic rings. The number of nitrogens with one attached hydrogen (secondary N) is 2. The van der Waals surface area contributed by atoms with Crippen molar-refractivity contribution in [3.05, 3.63) is 59.9 Å². The van der Waals surface area contributed by atoms with E-state index < -0.39 is 0 Å². The second kappa shape index (κ2) is 7.96. The van der Waals surface area contributed by atoms with Crippen LogP contribution in [0.25, 0.3) is 16.6 Å². The van der Waals surface area contributed by atoms with Crippen molar-refractivity contribution >= 4 is 17.2 Å². The Morgan fingerprint density at radius 2 is 1.97 bits per heavy atom. The van der Waals surface area contributed by atoms with Gasteiger partial charge >= 0.3 is 0 Å². The first kappa shape index (κ1) is 19.4. The number of anilines is 2. The molecule has 5 heterocycles. The van der Waals surface area contributed by atoms with Gasteiger partial charge in [-0.2, -0.15) is 5.10 Å². The maximum atomic E-state index is 6.26. The van der Waals surface area contributed by atoms with Gasteiger partial charge in [0, 0.05) is 41.8 Å². The first-order valence-electron chi connectivity index (χ1n) is 10.5. The van der Waals surface area contributed by atoms with Crippen molar-refractivity contribution in [3.8, 4) is 16.9 Å². The lowest BCUT2D eigenvalue weighted by Crippen LogP contribution is -2.20. The van der Waals surface area contributed by atoms with E-state index in [4.69, 9.17) is 4.74 Å². The lowest BCUT2D eigenvalue weighted by molar-refractivity contribution is 0.223. The molecule has 0 radical (unpaired) electrons. The van der Waals surface area contributed by atoms with Crippen molar-refractivity contribution in [1.82, 2.24) is 29.9 Å². The molecule has 0 spiro atoms. The molecule has 8 nitrogen and oxygen atoms in total. The van der Waals surface area contributed by atoms with Crippen LogP contribution in [0.15, 0.2) is 42.7 Å². The molecule has 158 valence electrons. The van der Waals surface area contributed by atoms with E-state index in [1.165, 1.54) is 0 Å². The van der Waals surface area contributed by atoms with Crippen LogP contribution < -0.4 is 15.4 Å². The molecule has 0 amide bonds. The molecule has 8 heteroatoms. The fourth-order valence-electron chi connectivity index (χ4n) is 3.91. The monoisotopic (exact) mass is 415 g/mol. The second-order valence-corrected chi connectivity index (χ2v) is 7.94. The minimum Gasteiger partial charge on any atom is -0.487 e. The van der Waals surface area contributed by atoms with Gasteiger partial charge in [0.15, 0.2) is 5.82 Å². The van der Waals surface area contributed by atoms with E-state index >= 15 is 0 Å². The second-order valence-electron chi connectivity index (χ2n) is 7.94. The number of ether oxygens (including phenoxy) is 1. The topological polar surface area (TPSA) is 89.3 Å². The highest BCUT2D eigenvalue weighted by Crippen LogP contribution is 2.32. The quantitative estimate of drug-likeness (QED) is 0.515. The lowest BCUT2D eigenvalue weighted by Gasteiger charge is -2.16. The lowest BCUT2D eigenvalue weighted by atomic mass is 10.1. The summed E-state index contributed by atoms with van der Waals surface area (Å²) in [4.78, 5) is 13.2. The highest BCUT2D eigenvalue weighted by Gasteiger charge is 2.19. The summed E-state index contributed by atoms with van der Waals surface area (Å²) in [7, 11) is 0. The van der Waals surface area contributed by atoms with E-state index in [0.717, 1.165) is 70.8 Å². The summed E-state index contributed by atoms with van der Waals surface area (Å²) in [5.74, 6) is 3.01. The average molecular weight is 416 g/mol. The molecule has 1 fully saturated rings. The number of fused-ring (bicyclic) bond motifs is 1. The van der Waals surface area contributed by atoms with Gasteiger partial charge in [-0.3, -0.25) is 4.98 Å². The van der Waals surface area contributed by atoms with Gasteiger partial charge in [-0.25, -0.2) is 14.5 Å². The summed E-state index contributed by atoms with van der Waals surface area (Å²) >= 11 is 0. The van der Waals surface area contributed by atoms with E-state index in [1.54, 1.807) is 0 Å². The maximum absolute atomic E-state index is 6.26. The number of pyridine rings is 2. The number of nitrogens with zero attached hydrogens (tertiary/aromatic N) is 5. The number of aryl methyl sites for hydroxylation is 3. The number of hydrogen-bond acceptors (Lipinski definition) is 7. The fourth-order valence-corrected chi connectivity index (χ4v) is 3.91. The Morgan fingerprint density at radius 3 is 2.77 bits per heavy atom. The molecule has 5 rings (SSSR count). The Hall–Kier alpha value is -3.52. The van der Waals surface area contributed by atoms with Crippen LogP contribution in [-0.2, 0) is 0 Å². The van der Waals surface area contributed by atoms with E-state index in [-0.39, 0.29) is 6.10 Å². The molecule has 1 atom stereocenters. The van der Waals surface area contributed by atoms with Crippen molar-refractivity contribution in [2.45, 2.75) is 33.3 Å². The summed E-state index contributed by atoms with van der Waals surface area (Å²) in [5.41, 5.74) is 4.96. The van der Waals surface area contributed by atoms with Crippen LogP contribution in [0, 0.1) is 20.8 Å². The molecule has 4 aromatic rings. The van der Waals surface area contributed by atoms with Gasteiger partial charge < -0.3 is 15.4 Å². The molecular formula is C23H25N7O. The van der Waals surface area contributed by atoms with E-state index in [0.29, 0.717) is 0 Å². The molecule has 1 aliphatic heterocycles. The van der Waals surface area contributed by atoms with Crippen molar-refractivity contribution in [1.29, 1.82) is 0 Å². The Morgan fingerprint density at radius 1 is 1.06 bits per heavy atom. The largest absolute Gasteiger partial charge is 0.487 e. The molecule has 2 N–H and O–H groups in total. The molecule has 31 heavy (non-hydrogen) atoms. The van der Waals surface area contributed by atoms with Crippen LogP contribution in [0.4, 0.5) is 11.6 Å². The predicted molar refractivity (Wildman–Crippen MR) is 120 cm³/mol. The van der Waals surface area contributed by atoms with Gasteiger partial charge in [0.05, 0.1) is 11.7 Å². The third-order valence-corrected chi connectivity index (χ3v) is 5.31. The maximum Gasteiger partial charge on any atom is 0.154 e. The first-order chi connectivity index (χ1) is 15.0. The van der Waals surface area contributed by atoms with Crippen LogP contribution in [0.1, 0.15) is 23.6 Å². The average Bonchev–Trinajstić information content (AvgIpc) is 3.37. The van der Waals surface area contributed by atoms with Crippen molar-refractivity contribution in [3.63, 3.8) is 0 Å². The molecule has 0 unspecified atom stereocenters. The van der Waals surface area contributed by atoms with Crippen LogP contribution in [0.5, 0.6) is 5.75 Å². The van der Waals surface area contributed by atoms with Gasteiger partial charge in [0.2, 0.25) is 0 Å². The molecule has 0 saturated carbocycles. The molecule has 0 aromatic carbocycles. The Balaban J connectivity index is 1.47. The summed E-state index contributed by atoms with van der Waals surface area (Å²) in [6.07, 6.45) is 4.98. The molecular weight excluding hydrogens is 390 g/mol. The summed E-state index contributed by atoms with van der Waals surface area (Å²) < 4.78 is 8.11. The Kier molecular flexibility index (Phi) is 4.99. The zero-order valence-corrected chi connectivity index (χ0v) is 17.9. The van der Waals surface area contributed by atoms with Gasteiger partial charge in [0.25, 0.3) is 0 Å². The van der Waals surface area contributed by atoms with Crippen molar-refractivity contribution in [2.24, 2.45) is 0 Å². The standard InChI is InChI=1S/C23H25N7O/c1-14-8-20(21(13-25-14)31-19-4-6-24-12-19)17-5-7-30-18(10-17)11-23(29-30)28-22-9-15(2)26-16(3)27-22/h5,7-11,13,19,24H,4,6,12H2,1-3H3,(H,26,27,28,29)/t19-/m0/s1. The SMILES string of the molecule is Cc1cc(-c2ccn3nc(Nc4cc(C)nc(C)n4)cc3c2)c(O[C@H]2CCNC2)cn1. The van der Waals surface area contributed by atoms with Crippen LogP contribution in [0.3, 0.4) is 0 Å². The molecule has 0 aliphatic carbocycles. The van der Waals surface area contributed by atoms with Gasteiger partial charge in [0.1, 0.15) is 23.5 Å². The number of aromatic nitrogens is 5. The Bertz CT molecular complexity index is 1220. The predicted octanol–water partition coefficient (Wildman–Crippen LogP) is 3.60. The van der Waals surface area contributed by atoms with Gasteiger partial charge in [-0.1, -0.05) is 0 Å². The number of rotatable bonds is 5. The van der Waals surface area contributed by atoms with Gasteiger partial charge in [-0.15, -0.1) is 0 Å². The highest BCUT2D eigenvalue weighted by molar-refractivity contribution is 5.75. The van der Waals surface area contributed by atoms with Crippen LogP contribution in [-0.4, -0.2) is 43.8 Å². The van der Waals surface area contributed by atoms with Crippen molar-refractivity contribution < 1.29 is 4.74 Å². The van der Waals surface area contributed by atoms with E-state index in [9.17, 15) is 0 Å². The minimum absolute atomic E-state index is 0.178. The number of hydrogen-bond donors (Lipinski definition) is 2. The molecule has 1 saturated heterocycles. The van der Waals surface area contributed by atoms with E-state index in [2.05, 4.69) is 48.9 Å². The summed E-state index contributed by atoms with van der Waals surface area (Å²) in [6, 6.07) is 10.2.